The van der Waals surface area contributed by atoms with Crippen LogP contribution in [-0.4, -0.2) is 20.3 Å². The van der Waals surface area contributed by atoms with Crippen molar-refractivity contribution in [3.63, 3.8) is 0 Å². The molecule has 3 heterocycles. The molecule has 0 bridgehead atoms. The van der Waals surface area contributed by atoms with E-state index in [4.69, 9.17) is 0 Å². The van der Waals surface area contributed by atoms with Crippen LogP contribution in [0.3, 0.4) is 0 Å². The lowest BCUT2D eigenvalue weighted by atomic mass is 10.1. The van der Waals surface area contributed by atoms with Gasteiger partial charge < -0.3 is 15.3 Å². The molecule has 0 atom stereocenters. The molecule has 0 saturated heterocycles. The summed E-state index contributed by atoms with van der Waals surface area (Å²) >= 11 is 0. The summed E-state index contributed by atoms with van der Waals surface area (Å²) in [6.07, 6.45) is 0.332. The Hall–Kier alpha value is -3.49. The number of hydrogen-bond donors (Lipinski definition) is 3. The normalized spacial score (nSPS) is 12.0. The summed E-state index contributed by atoms with van der Waals surface area (Å²) in [6.45, 7) is 1.92. The van der Waals surface area contributed by atoms with E-state index < -0.39 is 28.9 Å². The number of aromatic amines is 2. The number of H-pyrrole nitrogens is 2. The fraction of sp³-hybridized carbons (Fsp3) is 0.158. The predicted molar refractivity (Wildman–Crippen MR) is 98.6 cm³/mol. The van der Waals surface area contributed by atoms with E-state index in [9.17, 15) is 22.8 Å². The summed E-state index contributed by atoms with van der Waals surface area (Å²) in [4.78, 5) is 30.8. The van der Waals surface area contributed by atoms with Crippen LogP contribution in [0.2, 0.25) is 0 Å². The number of hydrogen-bond acceptors (Lipinski definition) is 2. The number of benzene rings is 1. The van der Waals surface area contributed by atoms with Crippen molar-refractivity contribution in [1.29, 1.82) is 0 Å². The minimum atomic E-state index is -4.67. The van der Waals surface area contributed by atoms with E-state index in [0.717, 1.165) is 11.6 Å². The second-order valence-corrected chi connectivity index (χ2v) is 6.38. The molecule has 3 aromatic heterocycles. The van der Waals surface area contributed by atoms with Crippen molar-refractivity contribution in [1.82, 2.24) is 14.4 Å². The molecule has 1 amide bonds. The number of carbonyl (C=O) groups is 1. The van der Waals surface area contributed by atoms with Crippen molar-refractivity contribution < 1.29 is 18.0 Å². The molecule has 0 radical (unpaired) electrons. The summed E-state index contributed by atoms with van der Waals surface area (Å²) in [5.41, 5.74) is -0.477. The number of aryl methyl sites for hydroxylation is 1. The molecule has 0 aliphatic rings. The van der Waals surface area contributed by atoms with Crippen LogP contribution >= 0.6 is 0 Å². The maximum absolute atomic E-state index is 13.4. The van der Waals surface area contributed by atoms with Crippen molar-refractivity contribution in [3.8, 4) is 0 Å². The van der Waals surface area contributed by atoms with E-state index in [1.165, 1.54) is 28.9 Å². The van der Waals surface area contributed by atoms with Gasteiger partial charge in [-0.25, -0.2) is 0 Å². The summed E-state index contributed by atoms with van der Waals surface area (Å²) in [5, 5.41) is 2.59. The van der Waals surface area contributed by atoms with Gasteiger partial charge in [-0.05, 0) is 36.2 Å². The molecule has 144 valence electrons. The summed E-state index contributed by atoms with van der Waals surface area (Å²) in [7, 11) is 0. The molecule has 0 aliphatic heterocycles. The second kappa shape index (κ2) is 6.29. The van der Waals surface area contributed by atoms with Gasteiger partial charge in [0.25, 0.3) is 11.5 Å². The van der Waals surface area contributed by atoms with Gasteiger partial charge in [0.05, 0.1) is 11.3 Å². The number of anilines is 1. The zero-order valence-corrected chi connectivity index (χ0v) is 14.6. The molecule has 1 aromatic carbocycles. The van der Waals surface area contributed by atoms with Gasteiger partial charge in [-0.15, -0.1) is 0 Å². The van der Waals surface area contributed by atoms with E-state index in [-0.39, 0.29) is 5.56 Å². The topological polar surface area (TPSA) is 82.2 Å². The molecular formula is C19H15F3N4O2. The second-order valence-electron chi connectivity index (χ2n) is 6.38. The van der Waals surface area contributed by atoms with E-state index in [0.29, 0.717) is 23.0 Å². The first-order valence-corrected chi connectivity index (χ1v) is 8.50. The molecule has 9 heteroatoms. The third-order valence-electron chi connectivity index (χ3n) is 4.59. The maximum atomic E-state index is 13.4. The van der Waals surface area contributed by atoms with Crippen LogP contribution in [0, 0.1) is 0 Å². The molecule has 6 nitrogen and oxygen atoms in total. The number of amides is 1. The van der Waals surface area contributed by atoms with E-state index in [1.807, 2.05) is 6.92 Å². The van der Waals surface area contributed by atoms with Crippen LogP contribution in [0.4, 0.5) is 18.9 Å². The van der Waals surface area contributed by atoms with E-state index in [1.54, 1.807) is 12.3 Å². The first-order chi connectivity index (χ1) is 13.3. The van der Waals surface area contributed by atoms with Gasteiger partial charge in [0.2, 0.25) is 0 Å². The summed E-state index contributed by atoms with van der Waals surface area (Å²) in [5.74, 6) is -0.925. The Morgan fingerprint density at radius 2 is 2.00 bits per heavy atom. The number of alkyl halides is 3. The minimum Gasteiger partial charge on any atom is -0.361 e. The van der Waals surface area contributed by atoms with Crippen molar-refractivity contribution >= 4 is 28.1 Å². The van der Waals surface area contributed by atoms with Gasteiger partial charge in [0.1, 0.15) is 11.2 Å². The van der Waals surface area contributed by atoms with Crippen LogP contribution in [0.1, 0.15) is 28.4 Å². The van der Waals surface area contributed by atoms with Gasteiger partial charge in [-0.2, -0.15) is 13.2 Å². The molecule has 4 aromatic rings. The summed E-state index contributed by atoms with van der Waals surface area (Å²) < 4.78 is 41.6. The van der Waals surface area contributed by atoms with Gasteiger partial charge in [0.15, 0.2) is 0 Å². The number of fused-ring (bicyclic) bond motifs is 2. The highest BCUT2D eigenvalue weighted by Gasteiger charge is 2.34. The average molecular weight is 388 g/mol. The lowest BCUT2D eigenvalue weighted by Crippen LogP contribution is -2.26. The van der Waals surface area contributed by atoms with Crippen molar-refractivity contribution in [2.24, 2.45) is 0 Å². The fourth-order valence-corrected chi connectivity index (χ4v) is 3.12. The standard InChI is InChI=1S/C19H15F3N4O2/c1-2-10-5-16-24-8-12(18(28)26(16)9-10)17(27)25-15-7-14-11(3-4-23-14)6-13(15)19(20,21)22/h3-9,23-24H,2H2,1H3,(H,25,27). The first-order valence-electron chi connectivity index (χ1n) is 8.50. The number of nitrogens with one attached hydrogen (secondary N) is 3. The third kappa shape index (κ3) is 2.94. The fourth-order valence-electron chi connectivity index (χ4n) is 3.12. The van der Waals surface area contributed by atoms with Crippen molar-refractivity contribution in [3.05, 3.63) is 69.9 Å². The molecule has 0 spiro atoms. The Bertz CT molecular complexity index is 1260. The molecule has 0 fully saturated rings. The molecule has 3 N–H and O–H groups in total. The quantitative estimate of drug-likeness (QED) is 0.497. The van der Waals surface area contributed by atoms with Gasteiger partial charge in [0, 0.05) is 29.5 Å². The highest BCUT2D eigenvalue weighted by atomic mass is 19.4. The maximum Gasteiger partial charge on any atom is 0.418 e. The van der Waals surface area contributed by atoms with Crippen LogP contribution in [0.15, 0.2) is 47.7 Å². The average Bonchev–Trinajstić information content (AvgIpc) is 3.26. The Morgan fingerprint density at radius 1 is 1.21 bits per heavy atom. The Balaban J connectivity index is 1.77. The monoisotopic (exact) mass is 388 g/mol. The third-order valence-corrected chi connectivity index (χ3v) is 4.59. The Morgan fingerprint density at radius 3 is 2.71 bits per heavy atom. The highest BCUT2D eigenvalue weighted by Crippen LogP contribution is 2.37. The molecule has 0 unspecified atom stereocenters. The number of aromatic nitrogens is 3. The number of nitrogens with zero attached hydrogens (tertiary/aromatic N) is 1. The molecule has 28 heavy (non-hydrogen) atoms. The SMILES string of the molecule is CCc1cc2[nH]cc(C(=O)Nc3cc4[nH]ccc4cc3C(F)(F)F)c(=O)n2c1. The van der Waals surface area contributed by atoms with Gasteiger partial charge in [-0.3, -0.25) is 14.0 Å². The first kappa shape index (κ1) is 17.9. The molecule has 4 rings (SSSR count). The molecular weight excluding hydrogens is 373 g/mol. The van der Waals surface area contributed by atoms with Gasteiger partial charge in [-0.1, -0.05) is 6.92 Å². The van der Waals surface area contributed by atoms with Crippen molar-refractivity contribution in [2.45, 2.75) is 19.5 Å². The smallest absolute Gasteiger partial charge is 0.361 e. The van der Waals surface area contributed by atoms with Gasteiger partial charge >= 0.3 is 6.18 Å². The van der Waals surface area contributed by atoms with Crippen LogP contribution < -0.4 is 10.9 Å². The minimum absolute atomic E-state index is 0.287. The van der Waals surface area contributed by atoms with Crippen LogP contribution in [-0.2, 0) is 12.6 Å². The number of rotatable bonds is 3. The Labute approximate surface area is 156 Å². The summed E-state index contributed by atoms with van der Waals surface area (Å²) in [6, 6.07) is 5.43. The highest BCUT2D eigenvalue weighted by molar-refractivity contribution is 6.05. The van der Waals surface area contributed by atoms with E-state index in [2.05, 4.69) is 15.3 Å². The molecule has 0 aliphatic carbocycles. The van der Waals surface area contributed by atoms with Crippen molar-refractivity contribution in [2.75, 3.05) is 5.32 Å². The molecule has 0 saturated carbocycles. The lowest BCUT2D eigenvalue weighted by Gasteiger charge is -2.14. The van der Waals surface area contributed by atoms with E-state index >= 15 is 0 Å². The predicted octanol–water partition coefficient (Wildman–Crippen LogP) is 3.94. The zero-order chi connectivity index (χ0) is 20.1. The number of halogens is 3. The Kier molecular flexibility index (Phi) is 4.02. The number of carbonyl (C=O) groups excluding carboxylic acids is 1. The lowest BCUT2D eigenvalue weighted by molar-refractivity contribution is -0.136. The van der Waals surface area contributed by atoms with Crippen LogP contribution in [0.5, 0.6) is 0 Å². The largest absolute Gasteiger partial charge is 0.418 e. The zero-order valence-electron chi connectivity index (χ0n) is 14.6. The van der Waals surface area contributed by atoms with Crippen LogP contribution in [0.25, 0.3) is 16.6 Å².